The number of halogens is 2. The lowest BCUT2D eigenvalue weighted by molar-refractivity contribution is -0.140. The zero-order valence-corrected chi connectivity index (χ0v) is 74.6. The number of morpholine rings is 3. The van der Waals surface area contributed by atoms with E-state index in [4.69, 9.17) is 52.2 Å². The van der Waals surface area contributed by atoms with E-state index < -0.39 is 9.05 Å². The van der Waals surface area contributed by atoms with Gasteiger partial charge in [0.15, 0.2) is 0 Å². The number of anilines is 4. The van der Waals surface area contributed by atoms with E-state index in [1.165, 1.54) is 90.1 Å². The highest BCUT2D eigenvalue weighted by molar-refractivity contribution is 8.13. The van der Waals surface area contributed by atoms with Crippen molar-refractivity contribution in [2.75, 3.05) is 166 Å². The number of carbonyl (C=O) groups excluding carboxylic acids is 4. The van der Waals surface area contributed by atoms with Crippen molar-refractivity contribution in [3.05, 3.63) is 274 Å². The second kappa shape index (κ2) is 62.9. The van der Waals surface area contributed by atoms with E-state index in [-0.39, 0.29) is 41.9 Å². The summed E-state index contributed by atoms with van der Waals surface area (Å²) in [5.41, 5.74) is 26.3. The van der Waals surface area contributed by atoms with Gasteiger partial charge in [0.1, 0.15) is 0 Å². The van der Waals surface area contributed by atoms with Crippen LogP contribution in [0.1, 0.15) is 131 Å². The van der Waals surface area contributed by atoms with Gasteiger partial charge < -0.3 is 55.4 Å². The largest absolute Gasteiger partial charge is 0.469 e. The molecular formula is C98H134Cl2N8O13S. The van der Waals surface area contributed by atoms with Gasteiger partial charge in [-0.15, -0.1) is 18.2 Å². The van der Waals surface area contributed by atoms with Crippen LogP contribution in [0.3, 0.4) is 0 Å². The normalized spacial score (nSPS) is 13.1. The van der Waals surface area contributed by atoms with Gasteiger partial charge in [-0.2, -0.15) is 0 Å². The fourth-order valence-corrected chi connectivity index (χ4v) is 14.7. The monoisotopic (exact) mass is 1730 g/mol. The number of methoxy groups -OCH3 is 3. The van der Waals surface area contributed by atoms with Crippen molar-refractivity contribution < 1.29 is 61.2 Å². The van der Waals surface area contributed by atoms with Crippen molar-refractivity contribution in [2.24, 2.45) is 0 Å². The summed E-state index contributed by atoms with van der Waals surface area (Å²) < 4.78 is 49.7. The first-order valence-electron chi connectivity index (χ1n) is 43.2. The molecule has 3 heterocycles. The topological polar surface area (TPSA) is 271 Å². The predicted octanol–water partition coefficient (Wildman–Crippen LogP) is 16.1. The first kappa shape index (κ1) is 102. The number of nitrogens with one attached hydrogen (secondary N) is 5. The Hall–Kier alpha value is -9.17. The average molecular weight is 1740 g/mol. The number of hydrogen-bond donors (Lipinski definition) is 7. The molecule has 24 heteroatoms. The molecule has 0 spiro atoms. The number of carbonyl (C=O) groups is 4. The molecule has 8 aromatic carbocycles. The SMILES string of the molecule is C1COCCN1.C=CCNc1ccc(CCCCc2ccc(CC(=O)OC)cc2)cc1.COC(=O)Cc1ccc(CCCCc2ccc(N)cc2)cc1.COC(=O)Cc1ccc(CCCCc2ccc(NCCCN3CCOCC3)cc2)cc1.O=C(Cc1ccc(CCCCc2ccc(NCCCN3CCOCC3)cc2)cc1)NO.O=S(=O)(Cl)CCCl. The number of esters is 3. The highest BCUT2D eigenvalue weighted by atomic mass is 35.7. The summed E-state index contributed by atoms with van der Waals surface area (Å²) in [6.07, 6.45) is 23.3. The summed E-state index contributed by atoms with van der Waals surface area (Å²) in [6, 6.07) is 67.2. The fourth-order valence-electron chi connectivity index (χ4n) is 13.4. The van der Waals surface area contributed by atoms with E-state index in [0.717, 1.165) is 248 Å². The molecule has 3 fully saturated rings. The van der Waals surface area contributed by atoms with Crippen LogP contribution in [0.25, 0.3) is 0 Å². The molecule has 0 radical (unpaired) electrons. The van der Waals surface area contributed by atoms with Crippen molar-refractivity contribution in [3.8, 4) is 0 Å². The Morgan fingerprint density at radius 1 is 0.418 bits per heavy atom. The van der Waals surface area contributed by atoms with Gasteiger partial charge in [-0.05, 0) is 244 Å². The Balaban J connectivity index is 0.000000241. The molecule has 0 aromatic heterocycles. The molecule has 0 aliphatic carbocycles. The fraction of sp³-hybridized carbons (Fsp3) is 0.449. The number of hydroxylamine groups is 1. The van der Waals surface area contributed by atoms with E-state index in [1.807, 2.05) is 66.7 Å². The van der Waals surface area contributed by atoms with E-state index in [9.17, 15) is 27.6 Å². The molecule has 3 aliphatic rings. The molecule has 0 unspecified atom stereocenters. The minimum Gasteiger partial charge on any atom is -0.469 e. The lowest BCUT2D eigenvalue weighted by atomic mass is 10.0. The smallest absolute Gasteiger partial charge is 0.309 e. The third-order valence-electron chi connectivity index (χ3n) is 20.7. The number of ether oxygens (including phenoxy) is 6. The average Bonchev–Trinajstić information content (AvgIpc) is 0.909. The summed E-state index contributed by atoms with van der Waals surface area (Å²) in [5.74, 6) is -1.07. The molecule has 21 nitrogen and oxygen atoms in total. The molecule has 0 saturated carbocycles. The van der Waals surface area contributed by atoms with E-state index >= 15 is 0 Å². The Bertz CT molecular complexity index is 4090. The van der Waals surface area contributed by atoms with Gasteiger partial charge >= 0.3 is 17.9 Å². The second-order valence-corrected chi connectivity index (χ2v) is 33.6. The third kappa shape index (κ3) is 48.0. The van der Waals surface area contributed by atoms with Crippen LogP contribution < -0.4 is 32.5 Å². The van der Waals surface area contributed by atoms with Crippen LogP contribution in [0, 0.1) is 0 Å². The third-order valence-corrected chi connectivity index (χ3v) is 22.2. The van der Waals surface area contributed by atoms with Crippen molar-refractivity contribution in [3.63, 3.8) is 0 Å². The van der Waals surface area contributed by atoms with Gasteiger partial charge in [0.05, 0.1) is 92.4 Å². The minimum absolute atomic E-state index is 0.0613. The van der Waals surface area contributed by atoms with Crippen molar-refractivity contribution in [1.29, 1.82) is 0 Å². The first-order chi connectivity index (χ1) is 59.4. The summed E-state index contributed by atoms with van der Waals surface area (Å²) in [4.78, 5) is 49.9. The van der Waals surface area contributed by atoms with Crippen molar-refractivity contribution in [2.45, 2.75) is 141 Å². The van der Waals surface area contributed by atoms with Crippen molar-refractivity contribution >= 4 is 77.9 Å². The quantitative estimate of drug-likeness (QED) is 0.00215. The molecule has 122 heavy (non-hydrogen) atoms. The maximum absolute atomic E-state index is 11.3. The van der Waals surface area contributed by atoms with E-state index in [1.54, 1.807) is 5.48 Å². The molecule has 8 N–H and O–H groups in total. The zero-order valence-electron chi connectivity index (χ0n) is 72.2. The lowest BCUT2D eigenvalue weighted by Crippen LogP contribution is -2.37. The Labute approximate surface area is 736 Å². The number of unbranched alkanes of at least 4 members (excludes halogenated alkanes) is 4. The number of amides is 1. The van der Waals surface area contributed by atoms with Crippen LogP contribution >= 0.6 is 22.3 Å². The Kier molecular flexibility index (Phi) is 52.4. The number of alkyl halides is 1. The number of nitrogen functional groups attached to an aromatic ring is 1. The number of nitrogens with zero attached hydrogens (tertiary/aromatic N) is 2. The number of hydrogen-bond acceptors (Lipinski definition) is 20. The number of benzene rings is 8. The molecule has 1 amide bonds. The highest BCUT2D eigenvalue weighted by Crippen LogP contribution is 2.20. The molecule has 3 saturated heterocycles. The maximum Gasteiger partial charge on any atom is 0.309 e. The summed E-state index contributed by atoms with van der Waals surface area (Å²) in [6.45, 7) is 20.3. The van der Waals surface area contributed by atoms with Crippen LogP contribution in [0.2, 0.25) is 0 Å². The molecule has 0 bridgehead atoms. The summed E-state index contributed by atoms with van der Waals surface area (Å²) in [5, 5.41) is 22.1. The predicted molar refractivity (Wildman–Crippen MR) is 497 cm³/mol. The summed E-state index contributed by atoms with van der Waals surface area (Å²) in [7, 11) is 5.65. The first-order valence-corrected chi connectivity index (χ1v) is 46.2. The van der Waals surface area contributed by atoms with Crippen LogP contribution in [0.4, 0.5) is 22.7 Å². The lowest BCUT2D eigenvalue weighted by Gasteiger charge is -2.26. The minimum atomic E-state index is -3.33. The van der Waals surface area contributed by atoms with Gasteiger partial charge in [0, 0.05) is 98.2 Å². The second-order valence-electron chi connectivity index (χ2n) is 30.3. The highest BCUT2D eigenvalue weighted by Gasteiger charge is 2.13. The van der Waals surface area contributed by atoms with Crippen LogP contribution in [0.5, 0.6) is 0 Å². The number of rotatable bonds is 43. The molecule has 8 aromatic rings. The Morgan fingerprint density at radius 3 is 0.918 bits per heavy atom. The summed E-state index contributed by atoms with van der Waals surface area (Å²) >= 11 is 5.02. The van der Waals surface area contributed by atoms with Crippen LogP contribution in [0.15, 0.2) is 207 Å². The van der Waals surface area contributed by atoms with Gasteiger partial charge in [0.25, 0.3) is 0 Å². The van der Waals surface area contributed by atoms with Gasteiger partial charge in [-0.1, -0.05) is 152 Å². The van der Waals surface area contributed by atoms with Gasteiger partial charge in [-0.25, -0.2) is 13.9 Å². The van der Waals surface area contributed by atoms with Gasteiger partial charge in [-0.3, -0.25) is 34.2 Å². The van der Waals surface area contributed by atoms with E-state index in [2.05, 4.69) is 181 Å². The van der Waals surface area contributed by atoms with E-state index in [0.29, 0.717) is 19.3 Å². The van der Waals surface area contributed by atoms with Gasteiger partial charge in [0.2, 0.25) is 15.0 Å². The van der Waals surface area contributed by atoms with Crippen LogP contribution in [-0.2, 0) is 134 Å². The molecular weight excluding hydrogens is 1600 g/mol. The molecule has 664 valence electrons. The van der Waals surface area contributed by atoms with Crippen LogP contribution in [-0.4, -0.2) is 192 Å². The molecule has 0 atom stereocenters. The molecule has 3 aliphatic heterocycles. The maximum atomic E-state index is 11.3. The standard InChI is InChI=1S/C26H36N2O3.C25H35N3O3.C22H27NO2.C19H23NO2.C4H9NO.C2H4Cl2O2S/c1-30-26(29)21-24-9-7-22(8-10-24)5-2-3-6-23-11-13-25(14-12-23)27-15-4-16-28-17-19-31-20-18-28;29-25(27-30)20-23-8-6-21(7-9-23)4-1-2-5-22-10-12-24(13-11-22)26-14-3-15-28-16-18-31-19-17-28;1-3-16-23-21-14-12-19(13-15-21)7-5-4-6-18-8-10-20(11-9-18)17-22(24)25-2;1-22-19(21)14-17-8-6-15(7-9-17)4-2-3-5-16-10-12-18(20)13-11-16;1-3-6-4-2-5-1;3-1-2-7(4,5)6/h7-14,27H,2-6,15-21H2,1H3;6-13,26,30H,1-5,14-20H2,(H,27,29);3,8-15,23H,1,4-7,16-17H2,2H3;6-13H,2-5,14,20H2,1H3;5H,1-4H2;1-2H2. The number of nitrogens with two attached hydrogens (primary N) is 1. The Morgan fingerprint density at radius 2 is 0.680 bits per heavy atom. The van der Waals surface area contributed by atoms with Crippen molar-refractivity contribution in [1.82, 2.24) is 20.6 Å². The number of aryl methyl sites for hydroxylation is 8. The molecule has 11 rings (SSSR count). The zero-order chi connectivity index (χ0) is 87.3.